The van der Waals surface area contributed by atoms with E-state index in [1.807, 2.05) is 56.3 Å². The lowest BCUT2D eigenvalue weighted by atomic mass is 9.97. The van der Waals surface area contributed by atoms with Crippen LogP contribution in [0.5, 0.6) is 0 Å². The predicted molar refractivity (Wildman–Crippen MR) is 93.8 cm³/mol. The Hall–Kier alpha value is -1.84. The van der Waals surface area contributed by atoms with Gasteiger partial charge in [0.15, 0.2) is 0 Å². The van der Waals surface area contributed by atoms with E-state index < -0.39 is 6.10 Å². The van der Waals surface area contributed by atoms with E-state index in [4.69, 9.17) is 11.6 Å². The summed E-state index contributed by atoms with van der Waals surface area (Å²) >= 11 is 6.15. The minimum Gasteiger partial charge on any atom is -0.388 e. The van der Waals surface area contributed by atoms with E-state index >= 15 is 0 Å². The van der Waals surface area contributed by atoms with Crippen LogP contribution >= 0.6 is 11.6 Å². The van der Waals surface area contributed by atoms with Crippen molar-refractivity contribution in [2.45, 2.75) is 26.4 Å². The van der Waals surface area contributed by atoms with Gasteiger partial charge in [0.1, 0.15) is 0 Å². The Morgan fingerprint density at radius 2 is 1.70 bits per heavy atom. The summed E-state index contributed by atoms with van der Waals surface area (Å²) < 4.78 is 0. The van der Waals surface area contributed by atoms with Gasteiger partial charge in [-0.25, -0.2) is 0 Å². The standard InChI is InChI=1S/C19H22ClNO2/c1-3-21(4-2)19(23)15-10-6-5-9-14(15)13-18(22)16-11-7-8-12-17(16)20/h5-12,18,22H,3-4,13H2,1-2H3. The van der Waals surface area contributed by atoms with E-state index in [-0.39, 0.29) is 5.91 Å². The summed E-state index contributed by atoms with van der Waals surface area (Å²) in [5.41, 5.74) is 2.15. The largest absolute Gasteiger partial charge is 0.388 e. The molecule has 0 saturated heterocycles. The first-order valence-electron chi connectivity index (χ1n) is 7.88. The Morgan fingerprint density at radius 1 is 1.09 bits per heavy atom. The number of amides is 1. The fraction of sp³-hybridized carbons (Fsp3) is 0.316. The highest BCUT2D eigenvalue weighted by Crippen LogP contribution is 2.26. The highest BCUT2D eigenvalue weighted by molar-refractivity contribution is 6.31. The molecule has 0 aromatic heterocycles. The molecule has 0 aliphatic rings. The number of rotatable bonds is 6. The van der Waals surface area contributed by atoms with Crippen LogP contribution in [-0.2, 0) is 6.42 Å². The van der Waals surface area contributed by atoms with Gasteiger partial charge in [-0.05, 0) is 37.1 Å². The molecule has 1 amide bonds. The van der Waals surface area contributed by atoms with Crippen molar-refractivity contribution in [3.63, 3.8) is 0 Å². The monoisotopic (exact) mass is 331 g/mol. The molecule has 0 aliphatic heterocycles. The molecule has 2 aromatic rings. The predicted octanol–water partition coefficient (Wildman–Crippen LogP) is 4.10. The van der Waals surface area contributed by atoms with Gasteiger partial charge in [0, 0.05) is 30.1 Å². The van der Waals surface area contributed by atoms with Gasteiger partial charge in [-0.2, -0.15) is 0 Å². The Bertz CT molecular complexity index is 668. The number of nitrogens with zero attached hydrogens (tertiary/aromatic N) is 1. The van der Waals surface area contributed by atoms with Crippen molar-refractivity contribution in [2.75, 3.05) is 13.1 Å². The van der Waals surface area contributed by atoms with Gasteiger partial charge in [0.2, 0.25) is 0 Å². The van der Waals surface area contributed by atoms with Crippen LogP contribution in [0.1, 0.15) is 41.4 Å². The minimum atomic E-state index is -0.741. The summed E-state index contributed by atoms with van der Waals surface area (Å²) in [6.07, 6.45) is -0.387. The van der Waals surface area contributed by atoms with Crippen LogP contribution < -0.4 is 0 Å². The number of benzene rings is 2. The summed E-state index contributed by atoms with van der Waals surface area (Å²) in [6.45, 7) is 5.25. The molecule has 0 aliphatic carbocycles. The normalized spacial score (nSPS) is 12.0. The Kier molecular flexibility index (Phi) is 6.20. The molecule has 1 atom stereocenters. The first-order chi connectivity index (χ1) is 11.1. The van der Waals surface area contributed by atoms with Gasteiger partial charge in [0.05, 0.1) is 6.10 Å². The lowest BCUT2D eigenvalue weighted by molar-refractivity contribution is 0.0771. The molecule has 0 saturated carbocycles. The number of carbonyl (C=O) groups is 1. The van der Waals surface area contributed by atoms with E-state index in [1.54, 1.807) is 11.0 Å². The van der Waals surface area contributed by atoms with E-state index in [1.165, 1.54) is 0 Å². The summed E-state index contributed by atoms with van der Waals surface area (Å²) in [7, 11) is 0. The van der Waals surface area contributed by atoms with Crippen LogP contribution in [0.3, 0.4) is 0 Å². The molecule has 2 rings (SSSR count). The zero-order valence-electron chi connectivity index (χ0n) is 13.5. The lowest BCUT2D eigenvalue weighted by Gasteiger charge is -2.21. The molecule has 4 heteroatoms. The molecule has 1 N–H and O–H groups in total. The zero-order chi connectivity index (χ0) is 16.8. The van der Waals surface area contributed by atoms with E-state index in [9.17, 15) is 9.90 Å². The third kappa shape index (κ3) is 4.12. The second-order valence-corrected chi connectivity index (χ2v) is 5.78. The highest BCUT2D eigenvalue weighted by Gasteiger charge is 2.19. The van der Waals surface area contributed by atoms with Gasteiger partial charge < -0.3 is 10.0 Å². The van der Waals surface area contributed by atoms with Crippen molar-refractivity contribution in [3.05, 3.63) is 70.2 Å². The number of aliphatic hydroxyl groups is 1. The van der Waals surface area contributed by atoms with E-state index in [0.29, 0.717) is 35.7 Å². The second-order valence-electron chi connectivity index (χ2n) is 5.38. The third-order valence-electron chi connectivity index (χ3n) is 3.98. The van der Waals surface area contributed by atoms with Gasteiger partial charge in [-0.3, -0.25) is 4.79 Å². The average molecular weight is 332 g/mol. The maximum absolute atomic E-state index is 12.6. The number of hydrogen-bond acceptors (Lipinski definition) is 2. The number of hydrogen-bond donors (Lipinski definition) is 1. The van der Waals surface area contributed by atoms with Gasteiger partial charge in [-0.1, -0.05) is 48.0 Å². The number of aliphatic hydroxyl groups excluding tert-OH is 1. The van der Waals surface area contributed by atoms with Crippen LogP contribution in [0.25, 0.3) is 0 Å². The maximum Gasteiger partial charge on any atom is 0.254 e. The first-order valence-corrected chi connectivity index (χ1v) is 8.25. The maximum atomic E-state index is 12.6. The summed E-state index contributed by atoms with van der Waals surface area (Å²) in [4.78, 5) is 14.4. The van der Waals surface area contributed by atoms with Crippen molar-refractivity contribution < 1.29 is 9.90 Å². The molecule has 1 unspecified atom stereocenters. The molecule has 23 heavy (non-hydrogen) atoms. The molecule has 2 aromatic carbocycles. The van der Waals surface area contributed by atoms with Crippen LogP contribution in [0.2, 0.25) is 5.02 Å². The van der Waals surface area contributed by atoms with E-state index in [0.717, 1.165) is 5.56 Å². The molecule has 0 radical (unpaired) electrons. The van der Waals surface area contributed by atoms with Gasteiger partial charge in [-0.15, -0.1) is 0 Å². The van der Waals surface area contributed by atoms with Crippen molar-refractivity contribution >= 4 is 17.5 Å². The highest BCUT2D eigenvalue weighted by atomic mass is 35.5. The molecule has 0 heterocycles. The fourth-order valence-electron chi connectivity index (χ4n) is 2.65. The molecule has 3 nitrogen and oxygen atoms in total. The second kappa shape index (κ2) is 8.14. The van der Waals surface area contributed by atoms with Crippen LogP contribution in [0.4, 0.5) is 0 Å². The minimum absolute atomic E-state index is 0.00282. The van der Waals surface area contributed by atoms with Crippen molar-refractivity contribution in [2.24, 2.45) is 0 Å². The van der Waals surface area contributed by atoms with Crippen LogP contribution in [0, 0.1) is 0 Å². The Morgan fingerprint density at radius 3 is 2.35 bits per heavy atom. The van der Waals surface area contributed by atoms with Crippen LogP contribution in [0.15, 0.2) is 48.5 Å². The average Bonchev–Trinajstić information content (AvgIpc) is 2.56. The molecule has 122 valence electrons. The molecular weight excluding hydrogens is 310 g/mol. The third-order valence-corrected chi connectivity index (χ3v) is 4.32. The number of halogens is 1. The number of carbonyl (C=O) groups excluding carboxylic acids is 1. The van der Waals surface area contributed by atoms with E-state index in [2.05, 4.69) is 0 Å². The Balaban J connectivity index is 2.27. The van der Waals surface area contributed by atoms with Crippen molar-refractivity contribution in [3.8, 4) is 0 Å². The lowest BCUT2D eigenvalue weighted by Crippen LogP contribution is -2.31. The van der Waals surface area contributed by atoms with Crippen molar-refractivity contribution in [1.29, 1.82) is 0 Å². The summed E-state index contributed by atoms with van der Waals surface area (Å²) in [5, 5.41) is 11.0. The molecule has 0 fully saturated rings. The van der Waals surface area contributed by atoms with Gasteiger partial charge >= 0.3 is 0 Å². The first kappa shape index (κ1) is 17.5. The quantitative estimate of drug-likeness (QED) is 0.865. The molecular formula is C19H22ClNO2. The fourth-order valence-corrected chi connectivity index (χ4v) is 2.91. The Labute approximate surface area is 142 Å². The van der Waals surface area contributed by atoms with Crippen molar-refractivity contribution in [1.82, 2.24) is 4.90 Å². The van der Waals surface area contributed by atoms with Gasteiger partial charge in [0.25, 0.3) is 5.91 Å². The molecule has 0 bridgehead atoms. The summed E-state index contributed by atoms with van der Waals surface area (Å²) in [6, 6.07) is 14.7. The topological polar surface area (TPSA) is 40.5 Å². The van der Waals surface area contributed by atoms with Crippen LogP contribution in [-0.4, -0.2) is 29.0 Å². The molecule has 0 spiro atoms. The smallest absolute Gasteiger partial charge is 0.254 e. The SMILES string of the molecule is CCN(CC)C(=O)c1ccccc1CC(O)c1ccccc1Cl. The summed E-state index contributed by atoms with van der Waals surface area (Å²) in [5.74, 6) is -0.00282. The zero-order valence-corrected chi connectivity index (χ0v) is 14.3.